The van der Waals surface area contributed by atoms with E-state index in [1.54, 1.807) is 0 Å². The van der Waals surface area contributed by atoms with Crippen LogP contribution >= 0.6 is 24.0 Å². The highest BCUT2D eigenvalue weighted by Crippen LogP contribution is 2.16. The molecule has 0 saturated carbocycles. The van der Waals surface area contributed by atoms with Gasteiger partial charge in [-0.3, -0.25) is 4.99 Å². The molecule has 1 atom stereocenters. The Balaban J connectivity index is 0.00000420. The second-order valence-corrected chi connectivity index (χ2v) is 8.26. The summed E-state index contributed by atoms with van der Waals surface area (Å²) in [5.41, 5.74) is 0.978. The smallest absolute Gasteiger partial charge is 0.191 e. The van der Waals surface area contributed by atoms with E-state index >= 15 is 0 Å². The van der Waals surface area contributed by atoms with Crippen molar-refractivity contribution in [3.63, 3.8) is 0 Å². The van der Waals surface area contributed by atoms with Crippen LogP contribution in [0.2, 0.25) is 0 Å². The first-order valence-corrected chi connectivity index (χ1v) is 10.8. The normalized spacial score (nSPS) is 12.7. The number of sulfone groups is 1. The zero-order chi connectivity index (χ0) is 20.4. The molecule has 6 nitrogen and oxygen atoms in total. The van der Waals surface area contributed by atoms with E-state index in [0.29, 0.717) is 19.0 Å². The van der Waals surface area contributed by atoms with Gasteiger partial charge in [-0.15, -0.1) is 24.0 Å². The summed E-state index contributed by atoms with van der Waals surface area (Å²) < 4.78 is 38.4. The van der Waals surface area contributed by atoms with Crippen molar-refractivity contribution < 1.29 is 17.9 Å². The number of benzene rings is 2. The van der Waals surface area contributed by atoms with Crippen molar-refractivity contribution in [2.24, 2.45) is 4.99 Å². The molecule has 0 radical (unpaired) electrons. The van der Waals surface area contributed by atoms with Gasteiger partial charge in [0, 0.05) is 19.0 Å². The van der Waals surface area contributed by atoms with Gasteiger partial charge in [-0.1, -0.05) is 42.5 Å². The van der Waals surface area contributed by atoms with Crippen molar-refractivity contribution >= 4 is 39.8 Å². The number of halogens is 2. The SMILES string of the molecule is CCNC(=NCC(CO)c1ccccc1)NCCS(=O)(=O)c1ccccc1F.I. The number of nitrogens with zero attached hydrogens (tertiary/aromatic N) is 1. The Bertz CT molecular complexity index is 880. The van der Waals surface area contributed by atoms with Crippen LogP contribution in [-0.4, -0.2) is 51.5 Å². The summed E-state index contributed by atoms with van der Waals surface area (Å²) in [7, 11) is -3.74. The first kappa shape index (κ1) is 25.3. The van der Waals surface area contributed by atoms with Crippen molar-refractivity contribution in [3.8, 4) is 0 Å². The predicted octanol–water partition coefficient (Wildman–Crippen LogP) is 2.55. The Morgan fingerprint density at radius 1 is 1.10 bits per heavy atom. The third kappa shape index (κ3) is 7.90. The van der Waals surface area contributed by atoms with Crippen LogP contribution in [0, 0.1) is 5.82 Å². The minimum Gasteiger partial charge on any atom is -0.396 e. The lowest BCUT2D eigenvalue weighted by Gasteiger charge is -2.15. The lowest BCUT2D eigenvalue weighted by atomic mass is 10.0. The maximum atomic E-state index is 13.7. The monoisotopic (exact) mass is 535 g/mol. The molecule has 0 amide bonds. The number of guanidine groups is 1. The van der Waals surface area contributed by atoms with Gasteiger partial charge in [0.25, 0.3) is 0 Å². The highest BCUT2D eigenvalue weighted by molar-refractivity contribution is 14.0. The van der Waals surface area contributed by atoms with Crippen molar-refractivity contribution in [3.05, 3.63) is 66.0 Å². The Kier molecular flexibility index (Phi) is 11.1. The number of aliphatic imine (C=N–C) groups is 1. The van der Waals surface area contributed by atoms with E-state index in [0.717, 1.165) is 11.6 Å². The molecule has 0 heterocycles. The van der Waals surface area contributed by atoms with E-state index in [4.69, 9.17) is 0 Å². The summed E-state index contributed by atoms with van der Waals surface area (Å²) in [6.45, 7) is 2.87. The van der Waals surface area contributed by atoms with E-state index < -0.39 is 15.7 Å². The Hall–Kier alpha value is -1.72. The average molecular weight is 535 g/mol. The summed E-state index contributed by atoms with van der Waals surface area (Å²) in [5.74, 6) is -0.725. The molecule has 1 unspecified atom stereocenters. The fourth-order valence-electron chi connectivity index (χ4n) is 2.65. The third-order valence-corrected chi connectivity index (χ3v) is 5.88. The fourth-order valence-corrected chi connectivity index (χ4v) is 3.89. The molecule has 0 saturated heterocycles. The summed E-state index contributed by atoms with van der Waals surface area (Å²) in [5, 5.41) is 15.6. The second kappa shape index (κ2) is 12.8. The number of aliphatic hydroxyl groups is 1. The molecule has 0 aliphatic heterocycles. The second-order valence-electron chi connectivity index (χ2n) is 6.19. The molecule has 2 aromatic carbocycles. The number of rotatable bonds is 9. The Morgan fingerprint density at radius 2 is 1.76 bits per heavy atom. The third-order valence-electron chi connectivity index (χ3n) is 4.14. The fraction of sp³-hybridized carbons (Fsp3) is 0.350. The average Bonchev–Trinajstić information content (AvgIpc) is 2.69. The molecule has 0 spiro atoms. The maximum absolute atomic E-state index is 13.7. The molecular formula is C20H27FIN3O3S. The van der Waals surface area contributed by atoms with Crippen LogP contribution in [0.4, 0.5) is 4.39 Å². The van der Waals surface area contributed by atoms with Crippen LogP contribution in [0.15, 0.2) is 64.5 Å². The molecule has 160 valence electrons. The van der Waals surface area contributed by atoms with E-state index in [1.165, 1.54) is 18.2 Å². The number of hydrogen-bond acceptors (Lipinski definition) is 4. The van der Waals surface area contributed by atoms with Crippen LogP contribution in [0.3, 0.4) is 0 Å². The van der Waals surface area contributed by atoms with Gasteiger partial charge in [-0.25, -0.2) is 12.8 Å². The zero-order valence-electron chi connectivity index (χ0n) is 16.2. The minimum atomic E-state index is -3.74. The van der Waals surface area contributed by atoms with Gasteiger partial charge in [0.05, 0.1) is 18.9 Å². The summed E-state index contributed by atoms with van der Waals surface area (Å²) in [4.78, 5) is 4.13. The largest absolute Gasteiger partial charge is 0.396 e. The van der Waals surface area contributed by atoms with Crippen LogP contribution in [0.5, 0.6) is 0 Å². The van der Waals surface area contributed by atoms with Gasteiger partial charge >= 0.3 is 0 Å². The van der Waals surface area contributed by atoms with Crippen LogP contribution in [0.25, 0.3) is 0 Å². The van der Waals surface area contributed by atoms with Gasteiger partial charge in [0.15, 0.2) is 15.8 Å². The van der Waals surface area contributed by atoms with E-state index in [9.17, 15) is 17.9 Å². The van der Waals surface area contributed by atoms with Crippen molar-refractivity contribution in [2.75, 3.05) is 32.0 Å². The van der Waals surface area contributed by atoms with Crippen LogP contribution < -0.4 is 10.6 Å². The lowest BCUT2D eigenvalue weighted by Crippen LogP contribution is -2.40. The standard InChI is InChI=1S/C20H26FN3O3S.HI/c1-2-22-20(24-14-17(15-25)16-8-4-3-5-9-16)23-12-13-28(26,27)19-11-7-6-10-18(19)21;/h3-11,17,25H,2,12-15H2,1H3,(H2,22,23,24);1H. The van der Waals surface area contributed by atoms with E-state index in [2.05, 4.69) is 15.6 Å². The lowest BCUT2D eigenvalue weighted by molar-refractivity contribution is 0.268. The molecule has 3 N–H and O–H groups in total. The minimum absolute atomic E-state index is 0. The van der Waals surface area contributed by atoms with E-state index in [-0.39, 0.29) is 53.7 Å². The quantitative estimate of drug-likeness (QED) is 0.261. The molecule has 29 heavy (non-hydrogen) atoms. The topological polar surface area (TPSA) is 90.8 Å². The molecule has 0 aliphatic carbocycles. The van der Waals surface area contributed by atoms with Gasteiger partial charge in [0.2, 0.25) is 0 Å². The van der Waals surface area contributed by atoms with Crippen LogP contribution in [-0.2, 0) is 9.84 Å². The Morgan fingerprint density at radius 3 is 2.38 bits per heavy atom. The highest BCUT2D eigenvalue weighted by Gasteiger charge is 2.18. The van der Waals surface area contributed by atoms with Crippen molar-refractivity contribution in [1.29, 1.82) is 0 Å². The highest BCUT2D eigenvalue weighted by atomic mass is 127. The van der Waals surface area contributed by atoms with Gasteiger partial charge in [-0.2, -0.15) is 0 Å². The maximum Gasteiger partial charge on any atom is 0.191 e. The van der Waals surface area contributed by atoms with Gasteiger partial charge in [-0.05, 0) is 24.6 Å². The number of hydrogen-bond donors (Lipinski definition) is 3. The molecular weight excluding hydrogens is 508 g/mol. The first-order chi connectivity index (χ1) is 13.5. The van der Waals surface area contributed by atoms with Crippen molar-refractivity contribution in [1.82, 2.24) is 10.6 Å². The number of nitrogens with one attached hydrogen (secondary N) is 2. The molecule has 2 rings (SSSR count). The summed E-state index contributed by atoms with van der Waals surface area (Å²) >= 11 is 0. The van der Waals surface area contributed by atoms with Crippen molar-refractivity contribution in [2.45, 2.75) is 17.7 Å². The van der Waals surface area contributed by atoms with E-state index in [1.807, 2.05) is 37.3 Å². The van der Waals surface area contributed by atoms with Gasteiger partial charge in [0.1, 0.15) is 10.7 Å². The molecule has 0 aromatic heterocycles. The molecule has 2 aromatic rings. The molecule has 0 aliphatic rings. The molecule has 9 heteroatoms. The predicted molar refractivity (Wildman–Crippen MR) is 124 cm³/mol. The number of aliphatic hydroxyl groups excluding tert-OH is 1. The van der Waals surface area contributed by atoms with Crippen LogP contribution in [0.1, 0.15) is 18.4 Å². The zero-order valence-corrected chi connectivity index (χ0v) is 19.4. The summed E-state index contributed by atoms with van der Waals surface area (Å²) in [6, 6.07) is 14.9. The van der Waals surface area contributed by atoms with Gasteiger partial charge < -0.3 is 15.7 Å². The first-order valence-electron chi connectivity index (χ1n) is 9.13. The molecule has 0 bridgehead atoms. The summed E-state index contributed by atoms with van der Waals surface area (Å²) in [6.07, 6.45) is 0. The Labute approximate surface area is 188 Å². The molecule has 0 fully saturated rings.